The molecule has 0 amide bonds. The number of aromatic nitrogens is 2. The maximum absolute atomic E-state index is 4.25. The van der Waals surface area contributed by atoms with E-state index in [9.17, 15) is 0 Å². The minimum absolute atomic E-state index is 0.694. The van der Waals surface area contributed by atoms with Crippen LogP contribution in [0, 0.1) is 6.92 Å². The minimum atomic E-state index is 0.694. The zero-order valence-corrected chi connectivity index (χ0v) is 13.2. The van der Waals surface area contributed by atoms with E-state index in [-0.39, 0.29) is 0 Å². The second-order valence-corrected chi connectivity index (χ2v) is 5.02. The van der Waals surface area contributed by atoms with Crippen LogP contribution in [0.4, 0.5) is 0 Å². The highest BCUT2D eigenvalue weighted by atomic mass is 15.2. The van der Waals surface area contributed by atoms with Gasteiger partial charge in [-0.1, -0.05) is 30.3 Å². The first-order chi connectivity index (χ1) is 10.7. The van der Waals surface area contributed by atoms with Crippen molar-refractivity contribution in [2.24, 2.45) is 4.99 Å². The van der Waals surface area contributed by atoms with Gasteiger partial charge in [0.25, 0.3) is 0 Å². The molecule has 0 atom stereocenters. The molecule has 1 aromatic carbocycles. The third-order valence-electron chi connectivity index (χ3n) is 3.37. The second kappa shape index (κ2) is 8.02. The molecule has 0 bridgehead atoms. The van der Waals surface area contributed by atoms with Crippen molar-refractivity contribution in [1.29, 1.82) is 0 Å². The van der Waals surface area contributed by atoms with Crippen molar-refractivity contribution in [3.8, 4) is 0 Å². The van der Waals surface area contributed by atoms with E-state index in [4.69, 9.17) is 0 Å². The lowest BCUT2D eigenvalue weighted by molar-refractivity contribution is 0.758. The van der Waals surface area contributed by atoms with Crippen LogP contribution in [0.5, 0.6) is 0 Å². The normalized spacial score (nSPS) is 11.3. The summed E-state index contributed by atoms with van der Waals surface area (Å²) < 4.78 is 2.14. The minimum Gasteiger partial charge on any atom is -0.353 e. The van der Waals surface area contributed by atoms with E-state index in [0.717, 1.165) is 24.9 Å². The van der Waals surface area contributed by atoms with E-state index in [1.807, 2.05) is 19.3 Å². The van der Waals surface area contributed by atoms with Gasteiger partial charge in [-0.25, -0.2) is 4.98 Å². The Morgan fingerprint density at radius 2 is 2.18 bits per heavy atom. The molecule has 0 saturated carbocycles. The highest BCUT2D eigenvalue weighted by Crippen LogP contribution is 2.08. The number of rotatable bonds is 6. The Kier molecular flexibility index (Phi) is 5.77. The molecule has 22 heavy (non-hydrogen) atoms. The van der Waals surface area contributed by atoms with Crippen LogP contribution in [0.2, 0.25) is 0 Å². The molecule has 0 spiro atoms. The molecule has 5 heteroatoms. The number of nitrogens with zero attached hydrogens (tertiary/aromatic N) is 3. The van der Waals surface area contributed by atoms with Gasteiger partial charge in [0.1, 0.15) is 5.82 Å². The number of benzene rings is 1. The van der Waals surface area contributed by atoms with Crippen LogP contribution in [0.3, 0.4) is 0 Å². The number of imidazole rings is 1. The number of hydrogen-bond donors (Lipinski definition) is 2. The molecular weight excluding hydrogens is 274 g/mol. The van der Waals surface area contributed by atoms with E-state index in [1.165, 1.54) is 11.1 Å². The summed E-state index contributed by atoms with van der Waals surface area (Å²) in [7, 11) is 1.76. The molecule has 0 radical (unpaired) electrons. The first kappa shape index (κ1) is 15.8. The summed E-state index contributed by atoms with van der Waals surface area (Å²) in [5.74, 6) is 1.80. The van der Waals surface area contributed by atoms with E-state index in [0.29, 0.717) is 6.54 Å². The molecule has 0 aliphatic heterocycles. The van der Waals surface area contributed by atoms with Crippen LogP contribution in [-0.4, -0.2) is 29.1 Å². The Labute approximate surface area is 131 Å². The van der Waals surface area contributed by atoms with Crippen LogP contribution in [-0.2, 0) is 13.1 Å². The Bertz CT molecular complexity index is 642. The van der Waals surface area contributed by atoms with Gasteiger partial charge in [0.15, 0.2) is 5.96 Å². The summed E-state index contributed by atoms with van der Waals surface area (Å²) in [5, 5.41) is 6.45. The molecule has 0 aliphatic carbocycles. The number of hydrogen-bond acceptors (Lipinski definition) is 2. The quantitative estimate of drug-likeness (QED) is 0.488. The molecule has 0 fully saturated rings. The molecule has 2 aromatic rings. The molecule has 2 N–H and O–H groups in total. The lowest BCUT2D eigenvalue weighted by Crippen LogP contribution is -2.36. The van der Waals surface area contributed by atoms with Gasteiger partial charge in [-0.2, -0.15) is 0 Å². The average Bonchev–Trinajstić information content (AvgIpc) is 2.93. The molecule has 116 valence electrons. The van der Waals surface area contributed by atoms with Crippen molar-refractivity contribution in [2.45, 2.75) is 20.0 Å². The fourth-order valence-corrected chi connectivity index (χ4v) is 2.18. The van der Waals surface area contributed by atoms with Crippen molar-refractivity contribution >= 4 is 5.96 Å². The fourth-order valence-electron chi connectivity index (χ4n) is 2.18. The lowest BCUT2D eigenvalue weighted by Gasteiger charge is -2.12. The Balaban J connectivity index is 1.96. The van der Waals surface area contributed by atoms with Gasteiger partial charge >= 0.3 is 0 Å². The number of guanidine groups is 1. The highest BCUT2D eigenvalue weighted by molar-refractivity contribution is 5.79. The van der Waals surface area contributed by atoms with Gasteiger partial charge in [0.2, 0.25) is 0 Å². The van der Waals surface area contributed by atoms with Crippen molar-refractivity contribution < 1.29 is 0 Å². The molecule has 5 nitrogen and oxygen atoms in total. The smallest absolute Gasteiger partial charge is 0.191 e. The van der Waals surface area contributed by atoms with Crippen molar-refractivity contribution in [3.05, 3.63) is 66.3 Å². The lowest BCUT2D eigenvalue weighted by atomic mass is 10.1. The van der Waals surface area contributed by atoms with Crippen LogP contribution in [0.15, 0.2) is 54.3 Å². The summed E-state index contributed by atoms with van der Waals surface area (Å²) in [5.41, 5.74) is 2.48. The summed E-state index contributed by atoms with van der Waals surface area (Å²) in [6, 6.07) is 8.53. The van der Waals surface area contributed by atoms with Gasteiger partial charge < -0.3 is 15.2 Å². The first-order valence-electron chi connectivity index (χ1n) is 7.34. The highest BCUT2D eigenvalue weighted by Gasteiger charge is 2.01. The maximum atomic E-state index is 4.25. The number of aliphatic imine (C=N–C) groups is 1. The standard InChI is InChI=1S/C17H23N5/c1-4-8-20-17(18-3)21-12-15-6-5-7-16(11-15)13-22-10-9-19-14(22)2/h4-7,9-11H,1,8,12-13H2,2-3H3,(H2,18,20,21). The Morgan fingerprint density at radius 1 is 1.36 bits per heavy atom. The molecule has 1 heterocycles. The van der Waals surface area contributed by atoms with Crippen molar-refractivity contribution in [3.63, 3.8) is 0 Å². The number of aryl methyl sites for hydroxylation is 1. The van der Waals surface area contributed by atoms with Crippen LogP contribution < -0.4 is 10.6 Å². The molecule has 0 unspecified atom stereocenters. The predicted octanol–water partition coefficient (Wildman–Crippen LogP) is 2.09. The van der Waals surface area contributed by atoms with E-state index in [1.54, 1.807) is 13.1 Å². The largest absolute Gasteiger partial charge is 0.353 e. The van der Waals surface area contributed by atoms with Gasteiger partial charge in [0, 0.05) is 39.1 Å². The van der Waals surface area contributed by atoms with E-state index >= 15 is 0 Å². The van der Waals surface area contributed by atoms with Gasteiger partial charge in [-0.3, -0.25) is 4.99 Å². The van der Waals surface area contributed by atoms with Gasteiger partial charge in [-0.15, -0.1) is 6.58 Å². The van der Waals surface area contributed by atoms with E-state index < -0.39 is 0 Å². The zero-order chi connectivity index (χ0) is 15.8. The molecule has 0 saturated heterocycles. The third kappa shape index (κ3) is 4.48. The third-order valence-corrected chi connectivity index (χ3v) is 3.37. The summed E-state index contributed by atoms with van der Waals surface area (Å²) in [6.45, 7) is 7.96. The van der Waals surface area contributed by atoms with Crippen LogP contribution in [0.1, 0.15) is 17.0 Å². The van der Waals surface area contributed by atoms with Gasteiger partial charge in [-0.05, 0) is 18.1 Å². The fraction of sp³-hybridized carbons (Fsp3) is 0.294. The van der Waals surface area contributed by atoms with Crippen LogP contribution >= 0.6 is 0 Å². The summed E-state index contributed by atoms with van der Waals surface area (Å²) in [6.07, 6.45) is 5.64. The summed E-state index contributed by atoms with van der Waals surface area (Å²) in [4.78, 5) is 8.42. The van der Waals surface area contributed by atoms with Gasteiger partial charge in [0.05, 0.1) is 0 Å². The molecule has 0 aliphatic rings. The molecular formula is C17H23N5. The molecule has 1 aromatic heterocycles. The number of nitrogens with one attached hydrogen (secondary N) is 2. The predicted molar refractivity (Wildman–Crippen MR) is 90.9 cm³/mol. The summed E-state index contributed by atoms with van der Waals surface area (Å²) >= 11 is 0. The second-order valence-electron chi connectivity index (χ2n) is 5.02. The molecule has 2 rings (SSSR count). The zero-order valence-electron chi connectivity index (χ0n) is 13.2. The Morgan fingerprint density at radius 3 is 2.86 bits per heavy atom. The van der Waals surface area contributed by atoms with Crippen molar-refractivity contribution in [1.82, 2.24) is 20.2 Å². The van der Waals surface area contributed by atoms with Crippen LogP contribution in [0.25, 0.3) is 0 Å². The van der Waals surface area contributed by atoms with E-state index in [2.05, 4.69) is 56.0 Å². The van der Waals surface area contributed by atoms with Crippen molar-refractivity contribution in [2.75, 3.05) is 13.6 Å². The monoisotopic (exact) mass is 297 g/mol. The topological polar surface area (TPSA) is 54.2 Å². The Hall–Kier alpha value is -2.56. The first-order valence-corrected chi connectivity index (χ1v) is 7.34. The maximum Gasteiger partial charge on any atom is 0.191 e. The average molecular weight is 297 g/mol. The SMILES string of the molecule is C=CCNC(=NC)NCc1cccc(Cn2ccnc2C)c1.